The Bertz CT molecular complexity index is 605. The fourth-order valence-electron chi connectivity index (χ4n) is 2.42. The van der Waals surface area contributed by atoms with E-state index < -0.39 is 29.7 Å². The van der Waals surface area contributed by atoms with Crippen molar-refractivity contribution in [2.75, 3.05) is 7.11 Å². The number of carbonyl (C=O) groups is 2. The number of hydrogen-bond acceptors (Lipinski definition) is 4. The molecule has 122 valence electrons. The Morgan fingerprint density at radius 3 is 2.45 bits per heavy atom. The molecule has 1 amide bonds. The van der Waals surface area contributed by atoms with Crippen LogP contribution in [0.25, 0.3) is 0 Å². The monoisotopic (exact) mass is 337 g/mol. The van der Waals surface area contributed by atoms with Crippen LogP contribution in [-0.4, -0.2) is 41.9 Å². The van der Waals surface area contributed by atoms with Crippen molar-refractivity contribution in [3.05, 3.63) is 21.4 Å². The Morgan fingerprint density at radius 2 is 2.05 bits per heavy atom. The number of carboxylic acid groups (broad SMARTS) is 1. The second-order valence-corrected chi connectivity index (χ2v) is 6.25. The molecule has 0 spiro atoms. The van der Waals surface area contributed by atoms with Gasteiger partial charge >= 0.3 is 12.1 Å². The van der Waals surface area contributed by atoms with Gasteiger partial charge in [0.25, 0.3) is 5.91 Å². The number of halogens is 3. The number of methoxy groups -OCH3 is 1. The van der Waals surface area contributed by atoms with Gasteiger partial charge < -0.3 is 15.2 Å². The minimum Gasteiger partial charge on any atom is -0.477 e. The molecule has 22 heavy (non-hydrogen) atoms. The molecule has 1 heterocycles. The summed E-state index contributed by atoms with van der Waals surface area (Å²) in [4.78, 5) is 23.1. The molecule has 1 aliphatic carbocycles. The summed E-state index contributed by atoms with van der Waals surface area (Å²) in [5, 5.41) is 11.4. The molecule has 1 aliphatic rings. The number of ether oxygens (including phenoxy) is 1. The predicted molar refractivity (Wildman–Crippen MR) is 72.3 cm³/mol. The van der Waals surface area contributed by atoms with Crippen molar-refractivity contribution >= 4 is 23.2 Å². The Balaban J connectivity index is 2.01. The number of alkyl halides is 3. The fourth-order valence-corrected chi connectivity index (χ4v) is 3.33. The van der Waals surface area contributed by atoms with E-state index in [1.54, 1.807) is 6.92 Å². The lowest BCUT2D eigenvalue weighted by Gasteiger charge is -2.47. The zero-order valence-corrected chi connectivity index (χ0v) is 12.6. The van der Waals surface area contributed by atoms with Crippen LogP contribution in [0, 0.1) is 6.92 Å². The lowest BCUT2D eigenvalue weighted by Crippen LogP contribution is -2.63. The number of carbonyl (C=O) groups excluding carboxylic acids is 1. The van der Waals surface area contributed by atoms with E-state index in [0.717, 1.165) is 18.4 Å². The Kier molecular flexibility index (Phi) is 4.22. The van der Waals surface area contributed by atoms with Gasteiger partial charge in [-0.1, -0.05) is 0 Å². The van der Waals surface area contributed by atoms with Crippen molar-refractivity contribution in [3.63, 3.8) is 0 Å². The summed E-state index contributed by atoms with van der Waals surface area (Å²) in [6, 6.07) is 0.764. The molecule has 0 bridgehead atoms. The number of nitrogens with one attached hydrogen (secondary N) is 1. The van der Waals surface area contributed by atoms with Gasteiger partial charge in [0.1, 0.15) is 4.88 Å². The first-order chi connectivity index (χ1) is 10.1. The molecule has 0 atom stereocenters. The number of aromatic carboxylic acids is 1. The molecular formula is C13H14F3NO4S. The molecule has 9 heteroatoms. The van der Waals surface area contributed by atoms with Gasteiger partial charge in [-0.2, -0.15) is 13.2 Å². The molecule has 0 radical (unpaired) electrons. The van der Waals surface area contributed by atoms with Gasteiger partial charge in [-0.25, -0.2) is 4.79 Å². The zero-order valence-electron chi connectivity index (χ0n) is 11.8. The van der Waals surface area contributed by atoms with Crippen LogP contribution in [0.15, 0.2) is 6.07 Å². The zero-order chi connectivity index (χ0) is 16.7. The Morgan fingerprint density at radius 1 is 1.45 bits per heavy atom. The van der Waals surface area contributed by atoms with E-state index in [0.29, 0.717) is 5.56 Å². The van der Waals surface area contributed by atoms with Crippen molar-refractivity contribution in [2.24, 2.45) is 0 Å². The Labute approximate surface area is 128 Å². The molecule has 0 aromatic carbocycles. The SMILES string of the molecule is COC1(C(F)(F)F)CC(NC(=O)c2cc(C)c(C(=O)O)s2)C1. The molecule has 5 nitrogen and oxygen atoms in total. The summed E-state index contributed by atoms with van der Waals surface area (Å²) in [7, 11) is 0.993. The summed E-state index contributed by atoms with van der Waals surface area (Å²) in [6.45, 7) is 1.56. The number of hydrogen-bond donors (Lipinski definition) is 2. The highest BCUT2D eigenvalue weighted by Gasteiger charge is 2.63. The van der Waals surface area contributed by atoms with E-state index in [2.05, 4.69) is 10.1 Å². The van der Waals surface area contributed by atoms with Crippen molar-refractivity contribution in [1.29, 1.82) is 0 Å². The smallest absolute Gasteiger partial charge is 0.417 e. The fraction of sp³-hybridized carbons (Fsp3) is 0.538. The first kappa shape index (κ1) is 16.8. The van der Waals surface area contributed by atoms with Crippen LogP contribution in [0.1, 0.15) is 37.7 Å². The summed E-state index contributed by atoms with van der Waals surface area (Å²) < 4.78 is 43.1. The third-order valence-electron chi connectivity index (χ3n) is 3.73. The van der Waals surface area contributed by atoms with Crippen LogP contribution < -0.4 is 5.32 Å². The lowest BCUT2D eigenvalue weighted by atomic mass is 9.74. The molecule has 2 N–H and O–H groups in total. The molecule has 0 saturated heterocycles. The van der Waals surface area contributed by atoms with Crippen LogP contribution in [0.4, 0.5) is 13.2 Å². The number of aryl methyl sites for hydroxylation is 1. The molecule has 0 aliphatic heterocycles. The number of carboxylic acids is 1. The molecular weight excluding hydrogens is 323 g/mol. The second kappa shape index (κ2) is 5.54. The minimum atomic E-state index is -4.49. The first-order valence-electron chi connectivity index (χ1n) is 6.36. The van der Waals surface area contributed by atoms with E-state index in [4.69, 9.17) is 5.11 Å². The maximum absolute atomic E-state index is 12.8. The molecule has 2 rings (SSSR count). The highest BCUT2D eigenvalue weighted by atomic mass is 32.1. The Hall–Kier alpha value is -1.61. The largest absolute Gasteiger partial charge is 0.477 e. The standard InChI is InChI=1S/C13H14F3NO4S/c1-6-3-8(22-9(6)11(19)20)10(18)17-7-4-12(5-7,21-2)13(14,15)16/h3,7H,4-5H2,1-2H3,(H,17,18)(H,19,20). The maximum Gasteiger partial charge on any atom is 0.417 e. The summed E-state index contributed by atoms with van der Waals surface area (Å²) >= 11 is 0.798. The molecule has 1 fully saturated rings. The summed E-state index contributed by atoms with van der Waals surface area (Å²) in [5.41, 5.74) is -1.76. The van der Waals surface area contributed by atoms with E-state index in [9.17, 15) is 22.8 Å². The first-order valence-corrected chi connectivity index (χ1v) is 7.18. The van der Waals surface area contributed by atoms with E-state index in [1.807, 2.05) is 0 Å². The van der Waals surface area contributed by atoms with Gasteiger partial charge in [0, 0.05) is 26.0 Å². The van der Waals surface area contributed by atoms with Gasteiger partial charge in [0.2, 0.25) is 0 Å². The number of rotatable bonds is 4. The molecule has 1 aromatic rings. The van der Waals surface area contributed by atoms with E-state index >= 15 is 0 Å². The highest BCUT2D eigenvalue weighted by Crippen LogP contribution is 2.47. The normalized spacial score (nSPS) is 24.7. The van der Waals surface area contributed by atoms with Crippen molar-refractivity contribution in [1.82, 2.24) is 5.32 Å². The van der Waals surface area contributed by atoms with Gasteiger partial charge in [-0.15, -0.1) is 11.3 Å². The average Bonchev–Trinajstić information content (AvgIpc) is 2.73. The van der Waals surface area contributed by atoms with Gasteiger partial charge in [0.05, 0.1) is 4.88 Å². The van der Waals surface area contributed by atoms with Crippen LogP contribution in [0.2, 0.25) is 0 Å². The summed E-state index contributed by atoms with van der Waals surface area (Å²) in [5.74, 6) is -1.71. The second-order valence-electron chi connectivity index (χ2n) is 5.20. The van der Waals surface area contributed by atoms with Gasteiger partial charge in [0.15, 0.2) is 5.60 Å². The number of amides is 1. The van der Waals surface area contributed by atoms with Crippen LogP contribution >= 0.6 is 11.3 Å². The quantitative estimate of drug-likeness (QED) is 0.885. The van der Waals surface area contributed by atoms with E-state index in [-0.39, 0.29) is 22.6 Å². The molecule has 1 saturated carbocycles. The van der Waals surface area contributed by atoms with Crippen molar-refractivity contribution < 1.29 is 32.6 Å². The van der Waals surface area contributed by atoms with Gasteiger partial charge in [-0.3, -0.25) is 4.79 Å². The van der Waals surface area contributed by atoms with Gasteiger partial charge in [-0.05, 0) is 18.6 Å². The van der Waals surface area contributed by atoms with E-state index in [1.165, 1.54) is 6.07 Å². The number of thiophene rings is 1. The molecule has 0 unspecified atom stereocenters. The third-order valence-corrected chi connectivity index (χ3v) is 4.95. The topological polar surface area (TPSA) is 75.6 Å². The van der Waals surface area contributed by atoms with Crippen LogP contribution in [-0.2, 0) is 4.74 Å². The average molecular weight is 337 g/mol. The lowest BCUT2D eigenvalue weighted by molar-refractivity contribution is -0.301. The predicted octanol–water partition coefficient (Wildman–Crippen LogP) is 2.59. The van der Waals surface area contributed by atoms with Crippen molar-refractivity contribution in [3.8, 4) is 0 Å². The maximum atomic E-state index is 12.8. The highest BCUT2D eigenvalue weighted by molar-refractivity contribution is 7.16. The van der Waals surface area contributed by atoms with Crippen LogP contribution in [0.5, 0.6) is 0 Å². The minimum absolute atomic E-state index is 0.0419. The molecule has 1 aromatic heterocycles. The third kappa shape index (κ3) is 2.82. The van der Waals surface area contributed by atoms with Crippen molar-refractivity contribution in [2.45, 2.75) is 37.6 Å². The summed E-state index contributed by atoms with van der Waals surface area (Å²) in [6.07, 6.45) is -5.19. The van der Waals surface area contributed by atoms with Crippen LogP contribution in [0.3, 0.4) is 0 Å².